The number of piperazine rings is 1. The summed E-state index contributed by atoms with van der Waals surface area (Å²) < 4.78 is 0. The Morgan fingerprint density at radius 1 is 1.07 bits per heavy atom. The van der Waals surface area contributed by atoms with Gasteiger partial charge in [0.2, 0.25) is 0 Å². The topological polar surface area (TPSA) is 35.2 Å². The van der Waals surface area contributed by atoms with Crippen molar-refractivity contribution in [2.75, 3.05) is 40.3 Å². The summed E-state index contributed by atoms with van der Waals surface area (Å²) in [6, 6.07) is 2.00. The average molecular weight is 210 g/mol. The summed E-state index contributed by atoms with van der Waals surface area (Å²) in [6.45, 7) is 8.88. The normalized spacial score (nSPS) is 18.4. The van der Waals surface area contributed by atoms with Crippen molar-refractivity contribution in [3.63, 3.8) is 0 Å². The standard InChI is InChI=1S/C6H14N2.C5H8N2/c1-7-3-5-8(2)6-4-7;1-4-3-5(2)7-6-4/h3-6H2,1-2H3;3H,1-2H3,(H,6,7). The van der Waals surface area contributed by atoms with Crippen molar-refractivity contribution in [2.24, 2.45) is 0 Å². The molecular formula is C11H22N4. The number of aryl methyl sites for hydroxylation is 2. The van der Waals surface area contributed by atoms with Crippen molar-refractivity contribution in [3.8, 4) is 0 Å². The van der Waals surface area contributed by atoms with Crippen LogP contribution in [0.15, 0.2) is 6.07 Å². The van der Waals surface area contributed by atoms with E-state index in [0.717, 1.165) is 11.4 Å². The van der Waals surface area contributed by atoms with E-state index in [9.17, 15) is 0 Å². The van der Waals surface area contributed by atoms with Gasteiger partial charge in [-0.05, 0) is 34.0 Å². The average Bonchev–Trinajstić information content (AvgIpc) is 2.56. The predicted octanol–water partition coefficient (Wildman–Crippen LogP) is 0.890. The molecule has 1 N–H and O–H groups in total. The second kappa shape index (κ2) is 5.88. The minimum absolute atomic E-state index is 1.05. The molecule has 0 spiro atoms. The van der Waals surface area contributed by atoms with E-state index in [1.54, 1.807) is 0 Å². The van der Waals surface area contributed by atoms with E-state index in [4.69, 9.17) is 0 Å². The van der Waals surface area contributed by atoms with Gasteiger partial charge in [-0.25, -0.2) is 0 Å². The molecule has 1 aliphatic heterocycles. The Balaban J connectivity index is 0.000000151. The number of nitrogens with one attached hydrogen (secondary N) is 1. The van der Waals surface area contributed by atoms with E-state index < -0.39 is 0 Å². The van der Waals surface area contributed by atoms with E-state index in [0.29, 0.717) is 0 Å². The van der Waals surface area contributed by atoms with Crippen LogP contribution in [0.2, 0.25) is 0 Å². The maximum atomic E-state index is 3.89. The maximum Gasteiger partial charge on any atom is 0.0593 e. The summed E-state index contributed by atoms with van der Waals surface area (Å²) in [5.41, 5.74) is 2.18. The number of rotatable bonds is 0. The number of nitrogens with zero attached hydrogens (tertiary/aromatic N) is 3. The molecule has 86 valence electrons. The van der Waals surface area contributed by atoms with Crippen molar-refractivity contribution >= 4 is 0 Å². The lowest BCUT2D eigenvalue weighted by molar-refractivity contribution is 0.181. The predicted molar refractivity (Wildman–Crippen MR) is 63.1 cm³/mol. The fraction of sp³-hybridized carbons (Fsp3) is 0.727. The first kappa shape index (κ1) is 12.2. The number of aromatic amines is 1. The van der Waals surface area contributed by atoms with Crippen molar-refractivity contribution in [2.45, 2.75) is 13.8 Å². The molecule has 0 bridgehead atoms. The van der Waals surface area contributed by atoms with Gasteiger partial charge < -0.3 is 9.80 Å². The monoisotopic (exact) mass is 210 g/mol. The summed E-state index contributed by atoms with van der Waals surface area (Å²) in [5.74, 6) is 0. The van der Waals surface area contributed by atoms with Crippen LogP contribution in [0.4, 0.5) is 0 Å². The van der Waals surface area contributed by atoms with Crippen LogP contribution in [-0.2, 0) is 0 Å². The summed E-state index contributed by atoms with van der Waals surface area (Å²) in [7, 11) is 4.35. The highest BCUT2D eigenvalue weighted by atomic mass is 15.2. The fourth-order valence-corrected chi connectivity index (χ4v) is 1.46. The Kier molecular flexibility index (Phi) is 4.78. The van der Waals surface area contributed by atoms with Gasteiger partial charge in [0.05, 0.1) is 5.69 Å². The number of hydrogen-bond acceptors (Lipinski definition) is 3. The Morgan fingerprint density at radius 3 is 1.73 bits per heavy atom. The molecule has 0 unspecified atom stereocenters. The molecule has 15 heavy (non-hydrogen) atoms. The lowest BCUT2D eigenvalue weighted by atomic mass is 10.4. The molecule has 1 saturated heterocycles. The molecule has 0 radical (unpaired) electrons. The third kappa shape index (κ3) is 4.95. The van der Waals surface area contributed by atoms with Crippen LogP contribution < -0.4 is 0 Å². The van der Waals surface area contributed by atoms with E-state index in [2.05, 4.69) is 34.1 Å². The van der Waals surface area contributed by atoms with Gasteiger partial charge in [-0.15, -0.1) is 0 Å². The van der Waals surface area contributed by atoms with Crippen molar-refractivity contribution < 1.29 is 0 Å². The first-order valence-electron chi connectivity index (χ1n) is 5.43. The maximum absolute atomic E-state index is 3.89. The molecule has 2 rings (SSSR count). The van der Waals surface area contributed by atoms with Crippen LogP contribution in [0.5, 0.6) is 0 Å². The highest BCUT2D eigenvalue weighted by Gasteiger charge is 2.07. The van der Waals surface area contributed by atoms with Crippen LogP contribution in [-0.4, -0.2) is 60.3 Å². The van der Waals surface area contributed by atoms with Crippen LogP contribution in [0, 0.1) is 13.8 Å². The largest absolute Gasteiger partial charge is 0.304 e. The zero-order valence-electron chi connectivity index (χ0n) is 10.2. The highest BCUT2D eigenvalue weighted by molar-refractivity contribution is 5.03. The quantitative estimate of drug-likeness (QED) is 0.691. The van der Waals surface area contributed by atoms with Gasteiger partial charge in [0.25, 0.3) is 0 Å². The Bertz CT molecular complexity index is 247. The summed E-state index contributed by atoms with van der Waals surface area (Å²) in [6.07, 6.45) is 0. The number of aromatic nitrogens is 2. The Morgan fingerprint density at radius 2 is 1.53 bits per heavy atom. The van der Waals surface area contributed by atoms with Crippen molar-refractivity contribution in [1.82, 2.24) is 20.0 Å². The van der Waals surface area contributed by atoms with E-state index >= 15 is 0 Å². The van der Waals surface area contributed by atoms with Gasteiger partial charge in [-0.2, -0.15) is 5.10 Å². The van der Waals surface area contributed by atoms with Crippen LogP contribution in [0.3, 0.4) is 0 Å². The molecular weight excluding hydrogens is 188 g/mol. The summed E-state index contributed by atoms with van der Waals surface area (Å²) in [5, 5.41) is 6.71. The number of hydrogen-bond donors (Lipinski definition) is 1. The molecule has 1 aromatic heterocycles. The smallest absolute Gasteiger partial charge is 0.0593 e. The molecule has 1 aliphatic rings. The fourth-order valence-electron chi connectivity index (χ4n) is 1.46. The zero-order valence-corrected chi connectivity index (χ0v) is 10.2. The summed E-state index contributed by atoms with van der Waals surface area (Å²) >= 11 is 0. The minimum Gasteiger partial charge on any atom is -0.304 e. The molecule has 4 nitrogen and oxygen atoms in total. The van der Waals surface area contributed by atoms with Crippen molar-refractivity contribution in [1.29, 1.82) is 0 Å². The molecule has 0 aromatic carbocycles. The Labute approximate surface area is 92.3 Å². The number of H-pyrrole nitrogens is 1. The molecule has 4 heteroatoms. The first-order valence-corrected chi connectivity index (χ1v) is 5.43. The lowest BCUT2D eigenvalue weighted by Gasteiger charge is -2.28. The van der Waals surface area contributed by atoms with Gasteiger partial charge in [0.1, 0.15) is 0 Å². The molecule has 1 fully saturated rings. The molecule has 0 saturated carbocycles. The van der Waals surface area contributed by atoms with Crippen LogP contribution in [0.1, 0.15) is 11.4 Å². The Hall–Kier alpha value is -0.870. The molecule has 1 aromatic rings. The second-order valence-electron chi connectivity index (χ2n) is 4.30. The van der Waals surface area contributed by atoms with Crippen LogP contribution in [0.25, 0.3) is 0 Å². The molecule has 2 heterocycles. The third-order valence-corrected chi connectivity index (χ3v) is 2.56. The van der Waals surface area contributed by atoms with Crippen molar-refractivity contribution in [3.05, 3.63) is 17.5 Å². The molecule has 0 aliphatic carbocycles. The third-order valence-electron chi connectivity index (χ3n) is 2.56. The minimum atomic E-state index is 1.05. The first-order chi connectivity index (χ1) is 7.08. The van der Waals surface area contributed by atoms with E-state index in [-0.39, 0.29) is 0 Å². The van der Waals surface area contributed by atoms with Gasteiger partial charge in [-0.1, -0.05) is 0 Å². The SMILES string of the molecule is CN1CCN(C)CC1.Cc1cc(C)[nH]n1. The summed E-state index contributed by atoms with van der Waals surface area (Å²) in [4.78, 5) is 4.72. The zero-order chi connectivity index (χ0) is 11.3. The molecule has 0 amide bonds. The number of likely N-dealkylation sites (N-methyl/N-ethyl adjacent to an activating group) is 2. The van der Waals surface area contributed by atoms with E-state index in [1.807, 2.05) is 19.9 Å². The van der Waals surface area contributed by atoms with Gasteiger partial charge in [0, 0.05) is 31.9 Å². The molecule has 0 atom stereocenters. The second-order valence-corrected chi connectivity index (χ2v) is 4.30. The lowest BCUT2D eigenvalue weighted by Crippen LogP contribution is -2.42. The van der Waals surface area contributed by atoms with Gasteiger partial charge >= 0.3 is 0 Å². The van der Waals surface area contributed by atoms with Crippen LogP contribution >= 0.6 is 0 Å². The van der Waals surface area contributed by atoms with Gasteiger partial charge in [-0.3, -0.25) is 5.10 Å². The highest BCUT2D eigenvalue weighted by Crippen LogP contribution is 1.93. The van der Waals surface area contributed by atoms with Gasteiger partial charge in [0.15, 0.2) is 0 Å². The van der Waals surface area contributed by atoms with E-state index in [1.165, 1.54) is 26.2 Å².